The summed E-state index contributed by atoms with van der Waals surface area (Å²) < 4.78 is 10.5. The van der Waals surface area contributed by atoms with E-state index in [9.17, 15) is 4.21 Å². The first kappa shape index (κ1) is 8.11. The summed E-state index contributed by atoms with van der Waals surface area (Å²) in [5, 5.41) is 3.00. The van der Waals surface area contributed by atoms with Gasteiger partial charge in [0, 0.05) is 28.9 Å². The summed E-state index contributed by atoms with van der Waals surface area (Å²) in [6.07, 6.45) is 1.72. The summed E-state index contributed by atoms with van der Waals surface area (Å²) in [5.41, 5.74) is 0. The molecular formula is C5H13NOS. The van der Waals surface area contributed by atoms with Crippen molar-refractivity contribution in [2.24, 2.45) is 0 Å². The maximum absolute atomic E-state index is 10.5. The number of nitrogens with one attached hydrogen (secondary N) is 1. The molecule has 3 heteroatoms. The molecule has 0 spiro atoms. The lowest BCUT2D eigenvalue weighted by atomic mass is 10.4. The van der Waals surface area contributed by atoms with Crippen molar-refractivity contribution in [2.45, 2.75) is 13.0 Å². The summed E-state index contributed by atoms with van der Waals surface area (Å²) in [4.78, 5) is 0. The zero-order valence-electron chi connectivity index (χ0n) is 5.60. The highest BCUT2D eigenvalue weighted by molar-refractivity contribution is 7.84. The minimum atomic E-state index is -0.658. The molecule has 50 valence electrons. The van der Waals surface area contributed by atoms with E-state index in [1.165, 1.54) is 0 Å². The molecule has 0 aromatic heterocycles. The summed E-state index contributed by atoms with van der Waals surface area (Å²) in [7, 11) is 1.21. The van der Waals surface area contributed by atoms with Crippen LogP contribution in [0.25, 0.3) is 0 Å². The Bertz CT molecular complexity index is 84.5. The van der Waals surface area contributed by atoms with Gasteiger partial charge in [0.25, 0.3) is 0 Å². The Balaban J connectivity index is 3.24. The third kappa shape index (κ3) is 4.27. The monoisotopic (exact) mass is 135 g/mol. The lowest BCUT2D eigenvalue weighted by Gasteiger charge is -2.05. The Morgan fingerprint density at radius 1 is 1.75 bits per heavy atom. The number of rotatable bonds is 3. The average molecular weight is 135 g/mol. The fourth-order valence-corrected chi connectivity index (χ4v) is 1.31. The van der Waals surface area contributed by atoms with Gasteiger partial charge in [0.1, 0.15) is 0 Å². The maximum Gasteiger partial charge on any atom is 0.0383 e. The first-order valence-corrected chi connectivity index (χ1v) is 4.37. The van der Waals surface area contributed by atoms with Crippen LogP contribution in [-0.2, 0) is 10.8 Å². The molecule has 0 aromatic carbocycles. The molecule has 0 bridgehead atoms. The molecule has 0 heterocycles. The number of hydrogen-bond donors (Lipinski definition) is 1. The molecule has 0 saturated carbocycles. The van der Waals surface area contributed by atoms with Crippen LogP contribution in [0.3, 0.4) is 0 Å². The molecule has 0 aliphatic carbocycles. The smallest absolute Gasteiger partial charge is 0.0383 e. The molecule has 2 nitrogen and oxygen atoms in total. The minimum absolute atomic E-state index is 0.376. The second-order valence-electron chi connectivity index (χ2n) is 1.93. The van der Waals surface area contributed by atoms with E-state index < -0.39 is 10.8 Å². The van der Waals surface area contributed by atoms with Gasteiger partial charge in [0.05, 0.1) is 0 Å². The maximum atomic E-state index is 10.5. The van der Waals surface area contributed by atoms with E-state index in [0.29, 0.717) is 6.04 Å². The van der Waals surface area contributed by atoms with Crippen LogP contribution in [0.2, 0.25) is 0 Å². The highest BCUT2D eigenvalue weighted by Crippen LogP contribution is 1.81. The number of hydrogen-bond acceptors (Lipinski definition) is 2. The third-order valence-electron chi connectivity index (χ3n) is 0.978. The van der Waals surface area contributed by atoms with Crippen molar-refractivity contribution in [1.29, 1.82) is 0 Å². The normalized spacial score (nSPS) is 17.9. The summed E-state index contributed by atoms with van der Waals surface area (Å²) in [6.45, 7) is 2.02. The van der Waals surface area contributed by atoms with Crippen LogP contribution >= 0.6 is 0 Å². The molecule has 1 N–H and O–H groups in total. The summed E-state index contributed by atoms with van der Waals surface area (Å²) in [5.74, 6) is 0.747. The zero-order chi connectivity index (χ0) is 6.57. The molecule has 0 aliphatic heterocycles. The fourth-order valence-electron chi connectivity index (χ4n) is 0.435. The lowest BCUT2D eigenvalue weighted by Crippen LogP contribution is -2.26. The van der Waals surface area contributed by atoms with Crippen LogP contribution in [-0.4, -0.2) is 29.3 Å². The third-order valence-corrected chi connectivity index (χ3v) is 1.95. The van der Waals surface area contributed by atoms with E-state index in [0.717, 1.165) is 5.75 Å². The molecule has 0 aromatic rings. The molecule has 0 aliphatic rings. The quantitative estimate of drug-likeness (QED) is 0.589. The van der Waals surface area contributed by atoms with Crippen molar-refractivity contribution < 1.29 is 4.21 Å². The first-order chi connectivity index (χ1) is 3.66. The topological polar surface area (TPSA) is 29.1 Å². The van der Waals surface area contributed by atoms with Gasteiger partial charge in [-0.15, -0.1) is 0 Å². The Kier molecular flexibility index (Phi) is 4.09. The van der Waals surface area contributed by atoms with Gasteiger partial charge in [-0.25, -0.2) is 0 Å². The van der Waals surface area contributed by atoms with Gasteiger partial charge in [-0.2, -0.15) is 0 Å². The molecule has 0 fully saturated rings. The largest absolute Gasteiger partial charge is 0.316 e. The van der Waals surface area contributed by atoms with Gasteiger partial charge in [-0.05, 0) is 14.0 Å². The molecule has 0 rings (SSSR count). The second-order valence-corrected chi connectivity index (χ2v) is 3.41. The van der Waals surface area contributed by atoms with Crippen LogP contribution in [0.5, 0.6) is 0 Å². The molecule has 0 saturated heterocycles. The Morgan fingerprint density at radius 3 is 2.38 bits per heavy atom. The van der Waals surface area contributed by atoms with Gasteiger partial charge < -0.3 is 5.32 Å². The Labute approximate surface area is 53.1 Å². The van der Waals surface area contributed by atoms with E-state index in [1.807, 2.05) is 14.0 Å². The predicted molar refractivity (Wildman–Crippen MR) is 37.5 cm³/mol. The van der Waals surface area contributed by atoms with Crippen LogP contribution < -0.4 is 5.32 Å². The van der Waals surface area contributed by atoms with Crippen molar-refractivity contribution in [3.63, 3.8) is 0 Å². The lowest BCUT2D eigenvalue weighted by molar-refractivity contribution is 0.649. The average Bonchev–Trinajstić information content (AvgIpc) is 1.65. The van der Waals surface area contributed by atoms with Gasteiger partial charge in [0.15, 0.2) is 0 Å². The molecule has 0 unspecified atom stereocenters. The van der Waals surface area contributed by atoms with Crippen LogP contribution in [0.4, 0.5) is 0 Å². The van der Waals surface area contributed by atoms with Crippen molar-refractivity contribution in [3.8, 4) is 0 Å². The van der Waals surface area contributed by atoms with E-state index in [2.05, 4.69) is 5.32 Å². The minimum Gasteiger partial charge on any atom is -0.316 e. The molecule has 0 radical (unpaired) electrons. The molecule has 2 atom stereocenters. The second kappa shape index (κ2) is 4.04. The summed E-state index contributed by atoms with van der Waals surface area (Å²) >= 11 is 0. The van der Waals surface area contributed by atoms with Gasteiger partial charge >= 0.3 is 0 Å². The Morgan fingerprint density at radius 2 is 2.25 bits per heavy atom. The van der Waals surface area contributed by atoms with E-state index in [4.69, 9.17) is 0 Å². The van der Waals surface area contributed by atoms with E-state index >= 15 is 0 Å². The predicted octanol–water partition coefficient (Wildman–Crippen LogP) is -0.0272. The SMILES string of the molecule is CN[C@@H](C)C[S@](C)=O. The highest BCUT2D eigenvalue weighted by atomic mass is 32.2. The zero-order valence-corrected chi connectivity index (χ0v) is 6.42. The molecule has 8 heavy (non-hydrogen) atoms. The van der Waals surface area contributed by atoms with E-state index in [-0.39, 0.29) is 0 Å². The van der Waals surface area contributed by atoms with Crippen LogP contribution in [0, 0.1) is 0 Å². The molecular weight excluding hydrogens is 122 g/mol. The van der Waals surface area contributed by atoms with Crippen LogP contribution in [0.1, 0.15) is 6.92 Å². The van der Waals surface area contributed by atoms with Gasteiger partial charge in [-0.3, -0.25) is 4.21 Å². The van der Waals surface area contributed by atoms with Gasteiger partial charge in [0.2, 0.25) is 0 Å². The fraction of sp³-hybridized carbons (Fsp3) is 1.00. The van der Waals surface area contributed by atoms with Crippen molar-refractivity contribution in [3.05, 3.63) is 0 Å². The standard InChI is InChI=1S/C5H13NOS/c1-5(6-2)4-8(3)7/h5-6H,4H2,1-3H3/t5-,8-/m0/s1. The first-order valence-electron chi connectivity index (χ1n) is 2.64. The van der Waals surface area contributed by atoms with Crippen molar-refractivity contribution in [1.82, 2.24) is 5.32 Å². The van der Waals surface area contributed by atoms with Crippen LogP contribution in [0.15, 0.2) is 0 Å². The van der Waals surface area contributed by atoms with Gasteiger partial charge in [-0.1, -0.05) is 0 Å². The molecule has 0 amide bonds. The highest BCUT2D eigenvalue weighted by Gasteiger charge is 1.97. The summed E-state index contributed by atoms with van der Waals surface area (Å²) in [6, 6.07) is 0.376. The van der Waals surface area contributed by atoms with E-state index in [1.54, 1.807) is 6.26 Å². The van der Waals surface area contributed by atoms with Crippen molar-refractivity contribution >= 4 is 10.8 Å². The Hall–Kier alpha value is 0.110. The van der Waals surface area contributed by atoms with Crippen molar-refractivity contribution in [2.75, 3.05) is 19.1 Å².